The lowest BCUT2D eigenvalue weighted by Crippen LogP contribution is -2.15. The first-order valence-corrected chi connectivity index (χ1v) is 7.72. The second kappa shape index (κ2) is 7.77. The molecule has 1 heterocycles. The Labute approximate surface area is 132 Å². The van der Waals surface area contributed by atoms with E-state index in [1.54, 1.807) is 7.11 Å². The minimum absolute atomic E-state index is 0.103. The van der Waals surface area contributed by atoms with Crippen molar-refractivity contribution in [3.63, 3.8) is 0 Å². The van der Waals surface area contributed by atoms with Crippen LogP contribution in [-0.4, -0.2) is 37.1 Å². The van der Waals surface area contributed by atoms with Crippen LogP contribution in [0.15, 0.2) is 35.9 Å². The molecule has 4 nitrogen and oxygen atoms in total. The lowest BCUT2D eigenvalue weighted by Gasteiger charge is -2.05. The van der Waals surface area contributed by atoms with Crippen LogP contribution in [0.1, 0.15) is 32.3 Å². The van der Waals surface area contributed by atoms with E-state index in [1.807, 2.05) is 31.2 Å². The fourth-order valence-corrected chi connectivity index (χ4v) is 2.35. The van der Waals surface area contributed by atoms with Gasteiger partial charge in [0.05, 0.1) is 33.0 Å². The number of hydrogen-bond donors (Lipinski definition) is 1. The summed E-state index contributed by atoms with van der Waals surface area (Å²) in [6.07, 6.45) is 4.24. The molecule has 22 heavy (non-hydrogen) atoms. The Bertz CT molecular complexity index is 494. The average Bonchev–Trinajstić information content (AvgIpc) is 3.21. The van der Waals surface area contributed by atoms with Crippen molar-refractivity contribution in [2.75, 3.05) is 20.3 Å². The van der Waals surface area contributed by atoms with E-state index in [4.69, 9.17) is 19.3 Å². The molecule has 0 aliphatic carbocycles. The first kappa shape index (κ1) is 17.0. The summed E-state index contributed by atoms with van der Waals surface area (Å²) >= 11 is 0. The molecule has 2 rings (SSSR count). The SMILES string of the molecule is COc1ccc(COC/C=C(\C)CC[C@@H]2O[C@@]2(C)CO)cc1. The topological polar surface area (TPSA) is 51.2 Å². The van der Waals surface area contributed by atoms with Crippen molar-refractivity contribution in [1.29, 1.82) is 0 Å². The van der Waals surface area contributed by atoms with Gasteiger partial charge in [0.25, 0.3) is 0 Å². The quantitative estimate of drug-likeness (QED) is 0.433. The summed E-state index contributed by atoms with van der Waals surface area (Å²) in [6, 6.07) is 7.90. The molecule has 0 unspecified atom stereocenters. The Hall–Kier alpha value is -1.36. The first-order chi connectivity index (χ1) is 10.6. The highest BCUT2D eigenvalue weighted by atomic mass is 16.6. The molecular weight excluding hydrogens is 280 g/mol. The van der Waals surface area contributed by atoms with Crippen molar-refractivity contribution in [3.8, 4) is 5.75 Å². The third kappa shape index (κ3) is 4.83. The normalized spacial score (nSPS) is 24.4. The van der Waals surface area contributed by atoms with E-state index in [9.17, 15) is 0 Å². The van der Waals surface area contributed by atoms with E-state index in [-0.39, 0.29) is 18.3 Å². The smallest absolute Gasteiger partial charge is 0.118 e. The maximum atomic E-state index is 9.15. The van der Waals surface area contributed by atoms with Crippen molar-refractivity contribution >= 4 is 0 Å². The second-order valence-corrected chi connectivity index (χ2v) is 6.03. The van der Waals surface area contributed by atoms with Crippen molar-refractivity contribution < 1.29 is 19.3 Å². The summed E-state index contributed by atoms with van der Waals surface area (Å²) < 4.78 is 16.3. The van der Waals surface area contributed by atoms with Crippen LogP contribution < -0.4 is 4.74 Å². The molecule has 1 aromatic rings. The molecule has 1 fully saturated rings. The van der Waals surface area contributed by atoms with E-state index in [1.165, 1.54) is 5.57 Å². The molecule has 0 radical (unpaired) electrons. The van der Waals surface area contributed by atoms with Gasteiger partial charge in [-0.15, -0.1) is 0 Å². The van der Waals surface area contributed by atoms with Crippen LogP contribution in [0.4, 0.5) is 0 Å². The fraction of sp³-hybridized carbons (Fsp3) is 0.556. The predicted octanol–water partition coefficient (Wildman–Crippen LogP) is 3.09. The molecule has 1 aliphatic rings. The lowest BCUT2D eigenvalue weighted by molar-refractivity contribution is 0.148. The van der Waals surface area contributed by atoms with Crippen LogP contribution in [0.25, 0.3) is 0 Å². The zero-order chi connectivity index (χ0) is 16.0. The molecule has 1 aromatic carbocycles. The Morgan fingerprint density at radius 3 is 2.68 bits per heavy atom. The van der Waals surface area contributed by atoms with E-state index < -0.39 is 0 Å². The van der Waals surface area contributed by atoms with Gasteiger partial charge in [-0.25, -0.2) is 0 Å². The van der Waals surface area contributed by atoms with Gasteiger partial charge in [-0.1, -0.05) is 23.8 Å². The first-order valence-electron chi connectivity index (χ1n) is 7.72. The van der Waals surface area contributed by atoms with Crippen LogP contribution in [0.5, 0.6) is 5.75 Å². The van der Waals surface area contributed by atoms with Crippen molar-refractivity contribution in [2.45, 2.75) is 45.0 Å². The van der Waals surface area contributed by atoms with E-state index in [2.05, 4.69) is 13.0 Å². The monoisotopic (exact) mass is 306 g/mol. The summed E-state index contributed by atoms with van der Waals surface area (Å²) in [5.41, 5.74) is 2.13. The van der Waals surface area contributed by atoms with Crippen molar-refractivity contribution in [3.05, 3.63) is 41.5 Å². The van der Waals surface area contributed by atoms with Crippen LogP contribution in [0.2, 0.25) is 0 Å². The van der Waals surface area contributed by atoms with Gasteiger partial charge in [-0.3, -0.25) is 0 Å². The van der Waals surface area contributed by atoms with Crippen LogP contribution in [-0.2, 0) is 16.1 Å². The summed E-state index contributed by atoms with van der Waals surface area (Å²) in [7, 11) is 1.66. The largest absolute Gasteiger partial charge is 0.497 e. The molecule has 1 aliphatic heterocycles. The summed E-state index contributed by atoms with van der Waals surface area (Å²) in [5, 5.41) is 9.15. The molecule has 0 aromatic heterocycles. The molecule has 4 heteroatoms. The van der Waals surface area contributed by atoms with Gasteiger partial charge in [-0.05, 0) is 44.4 Å². The maximum absolute atomic E-state index is 9.15. The van der Waals surface area contributed by atoms with Gasteiger partial charge in [0.2, 0.25) is 0 Å². The van der Waals surface area contributed by atoms with Gasteiger partial charge in [0, 0.05) is 0 Å². The van der Waals surface area contributed by atoms with Crippen LogP contribution in [0.3, 0.4) is 0 Å². The number of rotatable bonds is 9. The number of ether oxygens (including phenoxy) is 3. The molecule has 1 saturated heterocycles. The highest BCUT2D eigenvalue weighted by Crippen LogP contribution is 2.39. The number of aliphatic hydroxyl groups excluding tert-OH is 1. The Kier molecular flexibility index (Phi) is 6.00. The number of allylic oxidation sites excluding steroid dienone is 1. The van der Waals surface area contributed by atoms with Gasteiger partial charge in [-0.2, -0.15) is 0 Å². The van der Waals surface area contributed by atoms with Gasteiger partial charge in [0.15, 0.2) is 0 Å². The van der Waals surface area contributed by atoms with Gasteiger partial charge >= 0.3 is 0 Å². The zero-order valence-electron chi connectivity index (χ0n) is 13.7. The molecule has 2 atom stereocenters. The zero-order valence-corrected chi connectivity index (χ0v) is 13.7. The minimum atomic E-state index is -0.300. The van der Waals surface area contributed by atoms with E-state index in [0.29, 0.717) is 13.2 Å². The third-order valence-electron chi connectivity index (χ3n) is 4.13. The molecular formula is C18H26O4. The number of hydrogen-bond acceptors (Lipinski definition) is 4. The van der Waals surface area contributed by atoms with Crippen LogP contribution in [0, 0.1) is 0 Å². The average molecular weight is 306 g/mol. The van der Waals surface area contributed by atoms with Gasteiger partial charge in [0.1, 0.15) is 11.4 Å². The maximum Gasteiger partial charge on any atom is 0.118 e. The summed E-state index contributed by atoms with van der Waals surface area (Å²) in [6.45, 7) is 5.37. The summed E-state index contributed by atoms with van der Waals surface area (Å²) in [5.74, 6) is 0.858. The van der Waals surface area contributed by atoms with E-state index in [0.717, 1.165) is 24.2 Å². The number of methoxy groups -OCH3 is 1. The second-order valence-electron chi connectivity index (χ2n) is 6.03. The predicted molar refractivity (Wildman–Crippen MR) is 86.0 cm³/mol. The standard InChI is InChI=1S/C18H26O4/c1-14(4-9-17-18(2,13-19)22-17)10-11-21-12-15-5-7-16(20-3)8-6-15/h5-8,10,17,19H,4,9,11-13H2,1-3H3/b14-10+/t17-,18-/m0/s1. The highest BCUT2D eigenvalue weighted by molar-refractivity contribution is 5.26. The lowest BCUT2D eigenvalue weighted by atomic mass is 10.0. The number of aliphatic hydroxyl groups is 1. The van der Waals surface area contributed by atoms with E-state index >= 15 is 0 Å². The molecule has 0 saturated carbocycles. The number of epoxide rings is 1. The fourth-order valence-electron chi connectivity index (χ4n) is 2.35. The number of benzene rings is 1. The van der Waals surface area contributed by atoms with Crippen LogP contribution >= 0.6 is 0 Å². The van der Waals surface area contributed by atoms with Crippen molar-refractivity contribution in [2.24, 2.45) is 0 Å². The summed E-state index contributed by atoms with van der Waals surface area (Å²) in [4.78, 5) is 0. The Balaban J connectivity index is 1.62. The minimum Gasteiger partial charge on any atom is -0.497 e. The Morgan fingerprint density at radius 2 is 2.09 bits per heavy atom. The molecule has 0 spiro atoms. The third-order valence-corrected chi connectivity index (χ3v) is 4.13. The Morgan fingerprint density at radius 1 is 1.36 bits per heavy atom. The molecule has 122 valence electrons. The van der Waals surface area contributed by atoms with Crippen molar-refractivity contribution in [1.82, 2.24) is 0 Å². The molecule has 0 bridgehead atoms. The van der Waals surface area contributed by atoms with Gasteiger partial charge < -0.3 is 19.3 Å². The highest BCUT2D eigenvalue weighted by Gasteiger charge is 2.50. The molecule has 0 amide bonds. The molecule has 1 N–H and O–H groups in total.